The van der Waals surface area contributed by atoms with E-state index in [0.717, 1.165) is 31.6 Å². The molecule has 2 aromatic carbocycles. The van der Waals surface area contributed by atoms with Crippen molar-refractivity contribution in [2.75, 3.05) is 13.1 Å². The van der Waals surface area contributed by atoms with Crippen molar-refractivity contribution in [3.63, 3.8) is 0 Å². The van der Waals surface area contributed by atoms with Crippen LogP contribution in [0.3, 0.4) is 0 Å². The fourth-order valence-electron chi connectivity index (χ4n) is 3.56. The van der Waals surface area contributed by atoms with Crippen molar-refractivity contribution in [2.45, 2.75) is 38.6 Å². The summed E-state index contributed by atoms with van der Waals surface area (Å²) in [5.74, 6) is -0.281. The summed E-state index contributed by atoms with van der Waals surface area (Å²) in [4.78, 5) is 13.6. The number of carboxylic acids is 1. The van der Waals surface area contributed by atoms with Gasteiger partial charge >= 0.3 is 5.97 Å². The fraction of sp³-hybridized carbons (Fsp3) is 0.381. The highest BCUT2D eigenvalue weighted by atomic mass is 16.4. The van der Waals surface area contributed by atoms with Gasteiger partial charge in [-0.25, -0.2) is 4.79 Å². The second-order valence-electron chi connectivity index (χ2n) is 6.67. The second-order valence-corrected chi connectivity index (χ2v) is 6.67. The third kappa shape index (κ3) is 4.04. The van der Waals surface area contributed by atoms with Gasteiger partial charge in [-0.3, -0.25) is 4.90 Å². The number of benzene rings is 2. The summed E-state index contributed by atoms with van der Waals surface area (Å²) in [6, 6.07) is 16.3. The lowest BCUT2D eigenvalue weighted by atomic mass is 9.89. The smallest absolute Gasteiger partial charge is 0.335 e. The van der Waals surface area contributed by atoms with Crippen LogP contribution in [0.1, 0.15) is 52.7 Å². The van der Waals surface area contributed by atoms with Gasteiger partial charge in [0, 0.05) is 13.1 Å². The van der Waals surface area contributed by atoms with Crippen molar-refractivity contribution >= 4 is 5.97 Å². The molecule has 0 aliphatic carbocycles. The molecule has 1 unspecified atom stereocenters. The maximum atomic E-state index is 11.1. The molecule has 1 heterocycles. The number of likely N-dealkylation sites (tertiary alicyclic amines) is 1. The molecular formula is C21H25NO2. The first-order valence-corrected chi connectivity index (χ1v) is 8.79. The van der Waals surface area contributed by atoms with E-state index in [0.29, 0.717) is 11.5 Å². The predicted octanol–water partition coefficient (Wildman–Crippen LogP) is 4.33. The number of aryl methyl sites for hydroxylation is 1. The minimum atomic E-state index is -0.857. The highest BCUT2D eigenvalue weighted by molar-refractivity contribution is 5.87. The first-order valence-electron chi connectivity index (χ1n) is 8.79. The first kappa shape index (κ1) is 16.7. The summed E-state index contributed by atoms with van der Waals surface area (Å²) in [6.07, 6.45) is 3.51. The molecule has 0 aromatic heterocycles. The first-order chi connectivity index (χ1) is 11.7. The Morgan fingerprint density at radius 2 is 1.96 bits per heavy atom. The van der Waals surface area contributed by atoms with Crippen LogP contribution in [0.5, 0.6) is 0 Å². The molecule has 1 aliphatic heterocycles. The third-order valence-electron chi connectivity index (χ3n) is 4.94. The van der Waals surface area contributed by atoms with Gasteiger partial charge in [-0.15, -0.1) is 0 Å². The van der Waals surface area contributed by atoms with Gasteiger partial charge in [-0.05, 0) is 60.5 Å². The zero-order valence-electron chi connectivity index (χ0n) is 14.2. The van der Waals surface area contributed by atoms with Crippen molar-refractivity contribution in [1.82, 2.24) is 4.90 Å². The second kappa shape index (κ2) is 7.63. The molecule has 3 nitrogen and oxygen atoms in total. The van der Waals surface area contributed by atoms with Crippen LogP contribution >= 0.6 is 0 Å². The van der Waals surface area contributed by atoms with Gasteiger partial charge in [-0.1, -0.05) is 43.3 Å². The molecule has 24 heavy (non-hydrogen) atoms. The summed E-state index contributed by atoms with van der Waals surface area (Å²) in [5.41, 5.74) is 4.26. The van der Waals surface area contributed by atoms with E-state index in [1.165, 1.54) is 24.0 Å². The summed E-state index contributed by atoms with van der Waals surface area (Å²) in [7, 11) is 0. The average Bonchev–Trinajstić information content (AvgIpc) is 2.62. The number of carbonyl (C=O) groups is 1. The van der Waals surface area contributed by atoms with Gasteiger partial charge in [0.05, 0.1) is 5.56 Å². The summed E-state index contributed by atoms with van der Waals surface area (Å²) in [5, 5.41) is 9.13. The van der Waals surface area contributed by atoms with Crippen LogP contribution in [-0.4, -0.2) is 29.1 Å². The molecule has 0 saturated carbocycles. The van der Waals surface area contributed by atoms with Crippen molar-refractivity contribution in [2.24, 2.45) is 0 Å². The monoisotopic (exact) mass is 323 g/mol. The van der Waals surface area contributed by atoms with Crippen molar-refractivity contribution in [3.05, 3.63) is 70.8 Å². The molecule has 1 atom stereocenters. The number of carboxylic acid groups (broad SMARTS) is 1. The van der Waals surface area contributed by atoms with Crippen LogP contribution in [0.25, 0.3) is 0 Å². The maximum absolute atomic E-state index is 11.1. The summed E-state index contributed by atoms with van der Waals surface area (Å²) < 4.78 is 0. The zero-order chi connectivity index (χ0) is 16.9. The normalized spacial score (nSPS) is 18.5. The van der Waals surface area contributed by atoms with E-state index in [4.69, 9.17) is 5.11 Å². The Kier molecular flexibility index (Phi) is 5.31. The Labute approximate surface area is 143 Å². The van der Waals surface area contributed by atoms with Crippen molar-refractivity contribution in [1.29, 1.82) is 0 Å². The Balaban J connectivity index is 1.66. The molecule has 1 N–H and O–H groups in total. The van der Waals surface area contributed by atoms with E-state index in [2.05, 4.69) is 36.1 Å². The van der Waals surface area contributed by atoms with Crippen LogP contribution in [0.2, 0.25) is 0 Å². The van der Waals surface area contributed by atoms with Crippen LogP contribution in [0, 0.1) is 0 Å². The quantitative estimate of drug-likeness (QED) is 0.890. The molecule has 3 heteroatoms. The van der Waals surface area contributed by atoms with Gasteiger partial charge in [0.25, 0.3) is 0 Å². The SMILES string of the molecule is CCc1ccc(C2CCCN(Cc3cccc(C(=O)O)c3)C2)cc1. The number of rotatable bonds is 5. The van der Waals surface area contributed by atoms with Crippen LogP contribution in [-0.2, 0) is 13.0 Å². The fourth-order valence-corrected chi connectivity index (χ4v) is 3.56. The molecule has 1 aliphatic rings. The number of hydrogen-bond acceptors (Lipinski definition) is 2. The third-order valence-corrected chi connectivity index (χ3v) is 4.94. The van der Waals surface area contributed by atoms with E-state index in [9.17, 15) is 4.79 Å². The molecule has 1 fully saturated rings. The molecule has 0 bridgehead atoms. The Morgan fingerprint density at radius 3 is 2.67 bits per heavy atom. The van der Waals surface area contributed by atoms with Crippen LogP contribution in [0.15, 0.2) is 48.5 Å². The highest BCUT2D eigenvalue weighted by Crippen LogP contribution is 2.28. The highest BCUT2D eigenvalue weighted by Gasteiger charge is 2.21. The van der Waals surface area contributed by atoms with Crippen LogP contribution < -0.4 is 0 Å². The Morgan fingerprint density at radius 1 is 1.17 bits per heavy atom. The Bertz CT molecular complexity index is 693. The minimum absolute atomic E-state index is 0.371. The van der Waals surface area contributed by atoms with Gasteiger partial charge < -0.3 is 5.11 Å². The lowest BCUT2D eigenvalue weighted by Gasteiger charge is -2.33. The predicted molar refractivity (Wildman–Crippen MR) is 96.5 cm³/mol. The molecule has 126 valence electrons. The largest absolute Gasteiger partial charge is 0.478 e. The molecule has 3 rings (SSSR count). The summed E-state index contributed by atoms with van der Waals surface area (Å²) in [6.45, 7) is 5.14. The number of nitrogens with zero attached hydrogens (tertiary/aromatic N) is 1. The van der Waals surface area contributed by atoms with Gasteiger partial charge in [-0.2, -0.15) is 0 Å². The molecule has 2 aromatic rings. The van der Waals surface area contributed by atoms with Gasteiger partial charge in [0.1, 0.15) is 0 Å². The zero-order valence-corrected chi connectivity index (χ0v) is 14.2. The lowest BCUT2D eigenvalue weighted by molar-refractivity contribution is 0.0696. The lowest BCUT2D eigenvalue weighted by Crippen LogP contribution is -2.33. The minimum Gasteiger partial charge on any atom is -0.478 e. The molecular weight excluding hydrogens is 298 g/mol. The average molecular weight is 323 g/mol. The topological polar surface area (TPSA) is 40.5 Å². The summed E-state index contributed by atoms with van der Waals surface area (Å²) >= 11 is 0. The Hall–Kier alpha value is -2.13. The van der Waals surface area contributed by atoms with Crippen LogP contribution in [0.4, 0.5) is 0 Å². The standard InChI is InChI=1S/C21H25NO2/c1-2-16-8-10-18(11-9-16)20-7-4-12-22(15-20)14-17-5-3-6-19(13-17)21(23)24/h3,5-6,8-11,13,20H,2,4,7,12,14-15H2,1H3,(H,23,24). The van der Waals surface area contributed by atoms with Crippen molar-refractivity contribution < 1.29 is 9.90 Å². The molecule has 0 amide bonds. The van der Waals surface area contributed by atoms with Gasteiger partial charge in [0.2, 0.25) is 0 Å². The van der Waals surface area contributed by atoms with E-state index in [1.807, 2.05) is 12.1 Å². The van der Waals surface area contributed by atoms with E-state index < -0.39 is 5.97 Å². The van der Waals surface area contributed by atoms with E-state index in [1.54, 1.807) is 12.1 Å². The van der Waals surface area contributed by atoms with Crippen molar-refractivity contribution in [3.8, 4) is 0 Å². The van der Waals surface area contributed by atoms with E-state index >= 15 is 0 Å². The number of piperidine rings is 1. The maximum Gasteiger partial charge on any atom is 0.335 e. The molecule has 1 saturated heterocycles. The molecule has 0 spiro atoms. The molecule has 0 radical (unpaired) electrons. The number of aromatic carboxylic acids is 1. The van der Waals surface area contributed by atoms with E-state index in [-0.39, 0.29) is 0 Å². The number of hydrogen-bond donors (Lipinski definition) is 1. The van der Waals surface area contributed by atoms with Gasteiger partial charge in [0.15, 0.2) is 0 Å².